The molecular formula is C24H21ClF3N7O4. The number of tetrazole rings is 1. The van der Waals surface area contributed by atoms with Gasteiger partial charge in [0.05, 0.1) is 19.3 Å². The normalized spacial score (nSPS) is 16.9. The molecule has 3 heterocycles. The summed E-state index contributed by atoms with van der Waals surface area (Å²) in [6.45, 7) is 1.87. The number of hydrogen-bond donors (Lipinski definition) is 1. The van der Waals surface area contributed by atoms with Crippen molar-refractivity contribution in [2.24, 2.45) is 0 Å². The minimum atomic E-state index is -4.81. The van der Waals surface area contributed by atoms with Crippen LogP contribution in [0.1, 0.15) is 52.8 Å². The number of aliphatic carboxylic acids is 1. The van der Waals surface area contributed by atoms with Gasteiger partial charge in [0.25, 0.3) is 0 Å². The Hall–Kier alpha value is -4.04. The van der Waals surface area contributed by atoms with Crippen LogP contribution in [0.5, 0.6) is 5.75 Å². The molecule has 0 saturated heterocycles. The highest BCUT2D eigenvalue weighted by Gasteiger charge is 2.43. The lowest BCUT2D eigenvalue weighted by atomic mass is 9.95. The first-order valence-electron chi connectivity index (χ1n) is 11.7. The molecule has 204 valence electrons. The molecule has 1 aliphatic rings. The summed E-state index contributed by atoms with van der Waals surface area (Å²) in [5.74, 6) is -1.82. The molecule has 11 nitrogen and oxygen atoms in total. The Morgan fingerprint density at radius 3 is 2.69 bits per heavy atom. The van der Waals surface area contributed by atoms with Gasteiger partial charge in [-0.15, -0.1) is 20.4 Å². The number of rotatable bonds is 7. The van der Waals surface area contributed by atoms with E-state index in [-0.39, 0.29) is 30.3 Å². The molecule has 0 radical (unpaired) electrons. The molecule has 4 aromatic rings. The number of carboxylic acids is 1. The van der Waals surface area contributed by atoms with E-state index in [1.54, 1.807) is 24.3 Å². The van der Waals surface area contributed by atoms with Gasteiger partial charge in [-0.05, 0) is 47.5 Å². The molecule has 0 bridgehead atoms. The van der Waals surface area contributed by atoms with Crippen molar-refractivity contribution >= 4 is 17.6 Å². The average molecular weight is 564 g/mol. The van der Waals surface area contributed by atoms with Crippen molar-refractivity contribution < 1.29 is 32.5 Å². The average Bonchev–Trinajstić information content (AvgIpc) is 3.49. The van der Waals surface area contributed by atoms with Gasteiger partial charge in [-0.1, -0.05) is 23.7 Å². The van der Waals surface area contributed by atoms with Crippen molar-refractivity contribution in [3.05, 3.63) is 75.6 Å². The second kappa shape index (κ2) is 10.3. The predicted octanol–water partition coefficient (Wildman–Crippen LogP) is 4.12. The number of carboxylic acid groups (broad SMARTS) is 1. The molecule has 1 aliphatic heterocycles. The first-order valence-corrected chi connectivity index (χ1v) is 12.0. The van der Waals surface area contributed by atoms with Crippen LogP contribution in [-0.4, -0.2) is 53.2 Å². The van der Waals surface area contributed by atoms with E-state index in [0.29, 0.717) is 21.9 Å². The quantitative estimate of drug-likeness (QED) is 0.353. The van der Waals surface area contributed by atoms with Crippen LogP contribution in [0.15, 0.2) is 36.4 Å². The second-order valence-corrected chi connectivity index (χ2v) is 9.19. The monoisotopic (exact) mass is 563 g/mol. The van der Waals surface area contributed by atoms with E-state index in [1.165, 1.54) is 19.2 Å². The lowest BCUT2D eigenvalue weighted by Crippen LogP contribution is -2.17. The second-order valence-electron chi connectivity index (χ2n) is 8.76. The summed E-state index contributed by atoms with van der Waals surface area (Å²) in [5, 5.41) is 28.2. The van der Waals surface area contributed by atoms with Gasteiger partial charge in [-0.25, -0.2) is 0 Å². The van der Waals surface area contributed by atoms with Crippen LogP contribution in [0.3, 0.4) is 0 Å². The smallest absolute Gasteiger partial charge is 0.452 e. The van der Waals surface area contributed by atoms with Crippen molar-refractivity contribution in [1.29, 1.82) is 0 Å². The maximum Gasteiger partial charge on any atom is 0.452 e. The number of alkyl halides is 3. The van der Waals surface area contributed by atoms with Crippen molar-refractivity contribution in [1.82, 2.24) is 35.0 Å². The van der Waals surface area contributed by atoms with E-state index in [4.69, 9.17) is 26.2 Å². The van der Waals surface area contributed by atoms with E-state index in [1.807, 2.05) is 6.92 Å². The summed E-state index contributed by atoms with van der Waals surface area (Å²) in [7, 11) is 1.52. The summed E-state index contributed by atoms with van der Waals surface area (Å²) in [5.41, 5.74) is 1.96. The van der Waals surface area contributed by atoms with Gasteiger partial charge < -0.3 is 14.6 Å². The third-order valence-corrected chi connectivity index (χ3v) is 6.50. The number of hydrogen-bond acceptors (Lipinski definition) is 8. The number of aryl methyl sites for hydroxylation is 1. The van der Waals surface area contributed by atoms with Gasteiger partial charge in [0.15, 0.2) is 11.6 Å². The lowest BCUT2D eigenvalue weighted by Gasteiger charge is -2.24. The molecule has 2 aromatic heterocycles. The highest BCUT2D eigenvalue weighted by molar-refractivity contribution is 6.30. The van der Waals surface area contributed by atoms with Crippen LogP contribution in [0.2, 0.25) is 5.02 Å². The minimum absolute atomic E-state index is 0.00117. The van der Waals surface area contributed by atoms with Gasteiger partial charge in [0.2, 0.25) is 5.82 Å². The van der Waals surface area contributed by atoms with Crippen molar-refractivity contribution in [2.45, 2.75) is 44.7 Å². The number of fused-ring (bicyclic) bond motifs is 3. The van der Waals surface area contributed by atoms with Crippen LogP contribution in [0.25, 0.3) is 5.69 Å². The summed E-state index contributed by atoms with van der Waals surface area (Å²) in [6.07, 6.45) is -7.02. The number of halogens is 4. The topological polar surface area (TPSA) is 130 Å². The Morgan fingerprint density at radius 1 is 1.18 bits per heavy atom. The zero-order valence-electron chi connectivity index (χ0n) is 20.6. The molecule has 0 aliphatic carbocycles. The third-order valence-electron chi connectivity index (χ3n) is 6.27. The molecule has 39 heavy (non-hydrogen) atoms. The van der Waals surface area contributed by atoms with Crippen LogP contribution in [-0.2, 0) is 28.7 Å². The number of nitrogens with zero attached hydrogens (tertiary/aromatic N) is 7. The lowest BCUT2D eigenvalue weighted by molar-refractivity contribution is -0.146. The first-order chi connectivity index (χ1) is 18.6. The zero-order valence-corrected chi connectivity index (χ0v) is 21.3. The number of carbonyl (C=O) groups is 1. The number of ether oxygens (including phenoxy) is 2. The molecule has 1 N–H and O–H groups in total. The Kier molecular flexibility index (Phi) is 6.99. The van der Waals surface area contributed by atoms with E-state index < -0.39 is 36.6 Å². The molecule has 0 amide bonds. The van der Waals surface area contributed by atoms with Gasteiger partial charge in [0.1, 0.15) is 24.4 Å². The van der Waals surface area contributed by atoms with Crippen LogP contribution < -0.4 is 4.74 Å². The van der Waals surface area contributed by atoms with Gasteiger partial charge >= 0.3 is 12.1 Å². The summed E-state index contributed by atoms with van der Waals surface area (Å²) >= 11 is 6.32. The fourth-order valence-electron chi connectivity index (χ4n) is 4.55. The maximum atomic E-state index is 14.1. The van der Waals surface area contributed by atoms with Crippen molar-refractivity contribution in [3.8, 4) is 11.4 Å². The van der Waals surface area contributed by atoms with E-state index in [2.05, 4.69) is 25.6 Å². The highest BCUT2D eigenvalue weighted by atomic mass is 35.5. The van der Waals surface area contributed by atoms with Gasteiger partial charge in [-0.3, -0.25) is 9.36 Å². The molecule has 2 aromatic carbocycles. The van der Waals surface area contributed by atoms with E-state index in [0.717, 1.165) is 14.9 Å². The Morgan fingerprint density at radius 2 is 1.97 bits per heavy atom. The summed E-state index contributed by atoms with van der Waals surface area (Å²) in [6, 6.07) is 9.86. The molecule has 0 saturated carbocycles. The maximum absolute atomic E-state index is 14.1. The van der Waals surface area contributed by atoms with E-state index >= 15 is 0 Å². The SMILES string of the molecule is COc1cccc([C@H]2O[C@H](CCn3nnc(CC(=O)O)n3)c3nnc(C(F)(F)F)n3-c3ccc(Cl)cc32)c1C. The standard InChI is InChI=1S/C24H21ClF3N7O4/c1-12-14(4-3-5-17(12)38-2)21-15-10-13(25)6-7-16(15)35-22(30-31-23(35)24(26,27)28)18(39-21)8-9-34-32-19(29-33-34)11-20(36)37/h3-7,10,18,21H,8-9,11H2,1-2H3,(H,36,37)/t18-,21-/m1/s1. The fraction of sp³-hybridized carbons (Fsp3) is 0.333. The number of aromatic nitrogens is 7. The van der Waals surface area contributed by atoms with Crippen LogP contribution in [0, 0.1) is 6.92 Å². The predicted molar refractivity (Wildman–Crippen MR) is 129 cm³/mol. The Balaban J connectivity index is 1.63. The summed E-state index contributed by atoms with van der Waals surface area (Å²) in [4.78, 5) is 12.1. The zero-order chi connectivity index (χ0) is 27.9. The Bertz CT molecular complexity index is 1540. The van der Waals surface area contributed by atoms with Crippen LogP contribution in [0.4, 0.5) is 13.2 Å². The molecule has 5 rings (SSSR count). The third kappa shape index (κ3) is 5.16. The number of benzene rings is 2. The number of methoxy groups -OCH3 is 1. The highest BCUT2D eigenvalue weighted by Crippen LogP contribution is 2.45. The van der Waals surface area contributed by atoms with E-state index in [9.17, 15) is 18.0 Å². The van der Waals surface area contributed by atoms with Crippen molar-refractivity contribution in [3.63, 3.8) is 0 Å². The van der Waals surface area contributed by atoms with Crippen molar-refractivity contribution in [2.75, 3.05) is 7.11 Å². The minimum Gasteiger partial charge on any atom is -0.496 e. The summed E-state index contributed by atoms with van der Waals surface area (Å²) < 4.78 is 55.2. The fourth-order valence-corrected chi connectivity index (χ4v) is 4.73. The van der Waals surface area contributed by atoms with Gasteiger partial charge in [0, 0.05) is 17.0 Å². The molecule has 0 spiro atoms. The molecular weight excluding hydrogens is 543 g/mol. The molecule has 0 fully saturated rings. The molecule has 0 unspecified atom stereocenters. The molecule has 2 atom stereocenters. The van der Waals surface area contributed by atoms with Crippen LogP contribution >= 0.6 is 11.6 Å². The van der Waals surface area contributed by atoms with Gasteiger partial charge in [-0.2, -0.15) is 18.0 Å². The largest absolute Gasteiger partial charge is 0.496 e. The molecule has 15 heteroatoms. The Labute approximate surface area is 224 Å². The first kappa shape index (κ1) is 26.6.